The lowest BCUT2D eigenvalue weighted by molar-refractivity contribution is -0.385. The number of hydrogen-bond donors (Lipinski definition) is 0. The third-order valence-corrected chi connectivity index (χ3v) is 5.09. The molecule has 0 saturated heterocycles. The van der Waals surface area contributed by atoms with Crippen LogP contribution in [0.2, 0.25) is 0 Å². The van der Waals surface area contributed by atoms with Gasteiger partial charge in [0.2, 0.25) is 0 Å². The number of Topliss-reactive ketones (excluding diaryl/α,β-unsaturated/α-hetero) is 1. The van der Waals surface area contributed by atoms with Crippen molar-refractivity contribution >= 4 is 11.5 Å². The molecule has 5 nitrogen and oxygen atoms in total. The highest BCUT2D eigenvalue weighted by Gasteiger charge is 2.17. The molecule has 1 rings (SSSR count). The van der Waals surface area contributed by atoms with Crippen molar-refractivity contribution in [3.05, 3.63) is 38.9 Å². The lowest BCUT2D eigenvalue weighted by Crippen LogP contribution is -2.28. The summed E-state index contributed by atoms with van der Waals surface area (Å²) >= 11 is 0. The van der Waals surface area contributed by atoms with E-state index in [1.807, 2.05) is 13.8 Å². The largest absolute Gasteiger partial charge is 0.300 e. The number of rotatable bonds is 11. The molecule has 0 saturated carbocycles. The quantitative estimate of drug-likeness (QED) is 0.311. The van der Waals surface area contributed by atoms with Gasteiger partial charge in [-0.3, -0.25) is 19.8 Å². The number of nitrogens with zero attached hydrogens (tertiary/aromatic N) is 2. The van der Waals surface area contributed by atoms with Crippen LogP contribution in [0, 0.1) is 35.8 Å². The Balaban J connectivity index is 0.000000734. The first-order valence-corrected chi connectivity index (χ1v) is 11.0. The smallest absolute Gasteiger partial charge is 0.272 e. The molecular formula is C24H42N2O3. The minimum absolute atomic E-state index is 0.237. The Labute approximate surface area is 178 Å². The zero-order valence-electron chi connectivity index (χ0n) is 19.9. The molecule has 1 unspecified atom stereocenters. The van der Waals surface area contributed by atoms with E-state index in [-0.39, 0.29) is 10.6 Å². The second-order valence-electron chi connectivity index (χ2n) is 8.46. The van der Waals surface area contributed by atoms with E-state index in [4.69, 9.17) is 0 Å². The molecule has 0 fully saturated rings. The van der Waals surface area contributed by atoms with E-state index in [2.05, 4.69) is 45.6 Å². The van der Waals surface area contributed by atoms with Gasteiger partial charge in [0, 0.05) is 30.6 Å². The monoisotopic (exact) mass is 406 g/mol. The average molecular weight is 407 g/mol. The van der Waals surface area contributed by atoms with Gasteiger partial charge in [-0.05, 0) is 63.6 Å². The topological polar surface area (TPSA) is 63.5 Å². The molecule has 1 aromatic rings. The normalized spacial score (nSPS) is 11.9. The lowest BCUT2D eigenvalue weighted by Gasteiger charge is -2.24. The van der Waals surface area contributed by atoms with Crippen LogP contribution in [0.4, 0.5) is 5.69 Å². The van der Waals surface area contributed by atoms with Gasteiger partial charge in [0.1, 0.15) is 5.78 Å². The van der Waals surface area contributed by atoms with E-state index < -0.39 is 0 Å². The molecule has 29 heavy (non-hydrogen) atoms. The first-order chi connectivity index (χ1) is 13.6. The van der Waals surface area contributed by atoms with Crippen molar-refractivity contribution in [1.29, 1.82) is 0 Å². The number of benzene rings is 1. The van der Waals surface area contributed by atoms with Crippen molar-refractivity contribution in [2.45, 2.75) is 87.6 Å². The maximum Gasteiger partial charge on any atom is 0.272 e. The highest BCUT2D eigenvalue weighted by atomic mass is 16.6. The third-order valence-electron chi connectivity index (χ3n) is 5.09. The second-order valence-corrected chi connectivity index (χ2v) is 8.46. The van der Waals surface area contributed by atoms with Crippen molar-refractivity contribution < 1.29 is 9.72 Å². The Morgan fingerprint density at radius 2 is 1.76 bits per heavy atom. The molecule has 0 N–H and O–H groups in total. The SMILES string of the molecule is CCCC(CC)C(C)=O.CCCN(Cc1cc(C)cc([N+](=O)[O-])c1C)CC(C)C. The maximum absolute atomic E-state index is 11.1. The molecule has 1 aromatic carbocycles. The molecule has 0 aromatic heterocycles. The van der Waals surface area contributed by atoms with Gasteiger partial charge in [0.15, 0.2) is 0 Å². The summed E-state index contributed by atoms with van der Waals surface area (Å²) < 4.78 is 0. The van der Waals surface area contributed by atoms with E-state index in [1.165, 1.54) is 0 Å². The van der Waals surface area contributed by atoms with E-state index in [0.29, 0.717) is 17.6 Å². The molecule has 0 heterocycles. The molecular weight excluding hydrogens is 364 g/mol. The van der Waals surface area contributed by atoms with Gasteiger partial charge in [-0.2, -0.15) is 0 Å². The molecule has 0 amide bonds. The molecule has 0 aliphatic rings. The molecule has 1 atom stereocenters. The number of carbonyl (C=O) groups is 1. The van der Waals surface area contributed by atoms with Gasteiger partial charge in [0.25, 0.3) is 5.69 Å². The second kappa shape index (κ2) is 14.3. The van der Waals surface area contributed by atoms with Crippen molar-refractivity contribution in [1.82, 2.24) is 4.90 Å². The van der Waals surface area contributed by atoms with E-state index in [0.717, 1.165) is 62.0 Å². The first kappa shape index (κ1) is 27.2. The Morgan fingerprint density at radius 1 is 1.14 bits per heavy atom. The van der Waals surface area contributed by atoms with E-state index in [9.17, 15) is 14.9 Å². The summed E-state index contributed by atoms with van der Waals surface area (Å²) in [6.07, 6.45) is 4.28. The first-order valence-electron chi connectivity index (χ1n) is 11.0. The number of carbonyl (C=O) groups excluding carboxylic acids is 1. The standard InChI is InChI=1S/C16H26N2O2.C8H16O/c1-6-7-17(10-12(2)3)11-15-8-13(4)9-16(14(15)5)18(19)20;1-4-6-8(5-2)7(3)9/h8-9,12H,6-7,10-11H2,1-5H3;8H,4-6H2,1-3H3. The summed E-state index contributed by atoms with van der Waals surface area (Å²) in [5.41, 5.74) is 3.07. The number of aryl methyl sites for hydroxylation is 1. The highest BCUT2D eigenvalue weighted by Crippen LogP contribution is 2.25. The van der Waals surface area contributed by atoms with Gasteiger partial charge in [-0.15, -0.1) is 0 Å². The predicted octanol–water partition coefficient (Wildman–Crippen LogP) is 6.48. The summed E-state index contributed by atoms with van der Waals surface area (Å²) in [6, 6.07) is 3.73. The van der Waals surface area contributed by atoms with Crippen molar-refractivity contribution in [2.75, 3.05) is 13.1 Å². The van der Waals surface area contributed by atoms with Crippen LogP contribution in [0.25, 0.3) is 0 Å². The van der Waals surface area contributed by atoms with Gasteiger partial charge < -0.3 is 0 Å². The van der Waals surface area contributed by atoms with Crippen LogP contribution in [-0.4, -0.2) is 28.7 Å². The Hall–Kier alpha value is -1.75. The van der Waals surface area contributed by atoms with Crippen LogP contribution < -0.4 is 0 Å². The minimum Gasteiger partial charge on any atom is -0.300 e. The van der Waals surface area contributed by atoms with Crippen LogP contribution in [0.1, 0.15) is 83.9 Å². The molecule has 0 spiro atoms. The highest BCUT2D eigenvalue weighted by molar-refractivity contribution is 5.78. The summed E-state index contributed by atoms with van der Waals surface area (Å²) in [4.78, 5) is 24.0. The van der Waals surface area contributed by atoms with E-state index in [1.54, 1.807) is 13.0 Å². The van der Waals surface area contributed by atoms with Gasteiger partial charge in [0.05, 0.1) is 4.92 Å². The summed E-state index contributed by atoms with van der Waals surface area (Å²) in [5.74, 6) is 1.27. The van der Waals surface area contributed by atoms with Gasteiger partial charge >= 0.3 is 0 Å². The predicted molar refractivity (Wildman–Crippen MR) is 122 cm³/mol. The van der Waals surface area contributed by atoms with Crippen LogP contribution in [-0.2, 0) is 11.3 Å². The van der Waals surface area contributed by atoms with Crippen molar-refractivity contribution in [3.63, 3.8) is 0 Å². The van der Waals surface area contributed by atoms with Gasteiger partial charge in [-0.1, -0.05) is 47.1 Å². The van der Waals surface area contributed by atoms with E-state index >= 15 is 0 Å². The van der Waals surface area contributed by atoms with Crippen LogP contribution in [0.3, 0.4) is 0 Å². The fourth-order valence-electron chi connectivity index (χ4n) is 3.62. The third kappa shape index (κ3) is 10.6. The summed E-state index contributed by atoms with van der Waals surface area (Å²) in [5, 5.41) is 11.1. The summed E-state index contributed by atoms with van der Waals surface area (Å²) in [6.45, 7) is 19.1. The lowest BCUT2D eigenvalue weighted by atomic mass is 9.97. The van der Waals surface area contributed by atoms with Gasteiger partial charge in [-0.25, -0.2) is 0 Å². The Kier molecular flexibility index (Phi) is 13.4. The molecule has 0 aliphatic carbocycles. The average Bonchev–Trinajstić information content (AvgIpc) is 2.62. The zero-order valence-corrected chi connectivity index (χ0v) is 19.9. The Bertz CT molecular complexity index is 641. The molecule has 0 aliphatic heterocycles. The van der Waals surface area contributed by atoms with Crippen molar-refractivity contribution in [3.8, 4) is 0 Å². The van der Waals surface area contributed by atoms with Crippen LogP contribution >= 0.6 is 0 Å². The molecule has 166 valence electrons. The van der Waals surface area contributed by atoms with Crippen LogP contribution in [0.15, 0.2) is 12.1 Å². The number of nitro benzene ring substituents is 1. The summed E-state index contributed by atoms with van der Waals surface area (Å²) in [7, 11) is 0. The van der Waals surface area contributed by atoms with Crippen LogP contribution in [0.5, 0.6) is 0 Å². The molecule has 5 heteroatoms. The fourth-order valence-corrected chi connectivity index (χ4v) is 3.62. The fraction of sp³-hybridized carbons (Fsp3) is 0.708. The van der Waals surface area contributed by atoms with Crippen molar-refractivity contribution in [2.24, 2.45) is 11.8 Å². The maximum atomic E-state index is 11.1. The number of hydrogen-bond acceptors (Lipinski definition) is 4. The minimum atomic E-state index is -0.279. The Morgan fingerprint density at radius 3 is 2.14 bits per heavy atom. The number of nitro groups is 1. The number of ketones is 1. The molecule has 0 radical (unpaired) electrons. The zero-order chi connectivity index (χ0) is 22.6. The molecule has 0 bridgehead atoms.